The molecule has 0 spiro atoms. The van der Waals surface area contributed by atoms with E-state index < -0.39 is 10.0 Å². The van der Waals surface area contributed by atoms with Gasteiger partial charge in [-0.3, -0.25) is 0 Å². The van der Waals surface area contributed by atoms with Crippen molar-refractivity contribution in [2.45, 2.75) is 31.0 Å². The van der Waals surface area contributed by atoms with E-state index in [0.29, 0.717) is 5.69 Å². The number of morpholine rings is 1. The van der Waals surface area contributed by atoms with Gasteiger partial charge in [0.05, 0.1) is 28.5 Å². The van der Waals surface area contributed by atoms with E-state index in [9.17, 15) is 8.42 Å². The Morgan fingerprint density at radius 3 is 2.29 bits per heavy atom. The number of sulfonamides is 1. The number of hydrogen-bond donors (Lipinski definition) is 1. The first-order valence-electron chi connectivity index (χ1n) is 6.94. The van der Waals surface area contributed by atoms with Gasteiger partial charge >= 0.3 is 0 Å². The Morgan fingerprint density at radius 1 is 1.24 bits per heavy atom. The van der Waals surface area contributed by atoms with E-state index in [2.05, 4.69) is 4.90 Å². The molecule has 0 aliphatic carbocycles. The highest BCUT2D eigenvalue weighted by molar-refractivity contribution is 7.89. The Labute approximate surface area is 126 Å². The molecular weight excluding hydrogens is 290 g/mol. The van der Waals surface area contributed by atoms with Crippen LogP contribution in [0.4, 0.5) is 11.4 Å². The third-order valence-electron chi connectivity index (χ3n) is 3.54. The molecule has 7 heteroatoms. The van der Waals surface area contributed by atoms with Crippen molar-refractivity contribution in [2.24, 2.45) is 0 Å². The molecular formula is C14H23N3O3S. The Morgan fingerprint density at radius 2 is 1.81 bits per heavy atom. The monoisotopic (exact) mass is 313 g/mol. The number of benzene rings is 1. The molecule has 0 aromatic heterocycles. The van der Waals surface area contributed by atoms with Crippen molar-refractivity contribution < 1.29 is 13.2 Å². The minimum Gasteiger partial charge on any atom is -0.397 e. The van der Waals surface area contributed by atoms with E-state index >= 15 is 0 Å². The summed E-state index contributed by atoms with van der Waals surface area (Å²) in [5.74, 6) is 0. The molecule has 2 N–H and O–H groups in total. The molecule has 1 saturated heterocycles. The molecule has 0 unspecified atom stereocenters. The van der Waals surface area contributed by atoms with Crippen LogP contribution < -0.4 is 10.6 Å². The molecule has 0 saturated carbocycles. The van der Waals surface area contributed by atoms with Gasteiger partial charge in [0, 0.05) is 27.2 Å². The summed E-state index contributed by atoms with van der Waals surface area (Å²) in [6.45, 7) is 5.52. The summed E-state index contributed by atoms with van der Waals surface area (Å²) in [6, 6.07) is 4.90. The lowest BCUT2D eigenvalue weighted by Crippen LogP contribution is -2.45. The lowest BCUT2D eigenvalue weighted by molar-refractivity contribution is -0.00517. The summed E-state index contributed by atoms with van der Waals surface area (Å²) >= 11 is 0. The molecule has 2 rings (SSSR count). The van der Waals surface area contributed by atoms with Gasteiger partial charge in [0.25, 0.3) is 0 Å². The van der Waals surface area contributed by atoms with Crippen molar-refractivity contribution in [3.8, 4) is 0 Å². The summed E-state index contributed by atoms with van der Waals surface area (Å²) in [6.07, 6.45) is 0.247. The first-order valence-corrected chi connectivity index (χ1v) is 8.38. The third-order valence-corrected chi connectivity index (χ3v) is 5.35. The summed E-state index contributed by atoms with van der Waals surface area (Å²) in [5.41, 5.74) is 7.40. The first-order chi connectivity index (χ1) is 9.71. The normalized spacial score (nSPS) is 23.6. The van der Waals surface area contributed by atoms with Crippen molar-refractivity contribution in [3.05, 3.63) is 18.2 Å². The van der Waals surface area contributed by atoms with Gasteiger partial charge in [-0.2, -0.15) is 0 Å². The SMILES string of the molecule is C[C@@H]1CN(c2ccc(S(=O)(=O)N(C)C)cc2N)C[C@H](C)O1. The Balaban J connectivity index is 2.32. The van der Waals surface area contributed by atoms with Gasteiger partial charge in [-0.25, -0.2) is 12.7 Å². The Hall–Kier alpha value is -1.31. The van der Waals surface area contributed by atoms with Crippen LogP contribution in [0.1, 0.15) is 13.8 Å². The number of nitrogens with zero attached hydrogens (tertiary/aromatic N) is 2. The molecule has 1 aliphatic heterocycles. The van der Waals surface area contributed by atoms with E-state index in [-0.39, 0.29) is 17.1 Å². The van der Waals surface area contributed by atoms with Crippen LogP contribution in [-0.2, 0) is 14.8 Å². The van der Waals surface area contributed by atoms with Gasteiger partial charge in [-0.05, 0) is 32.0 Å². The number of rotatable bonds is 3. The van der Waals surface area contributed by atoms with Crippen LogP contribution in [0.2, 0.25) is 0 Å². The number of nitrogens with two attached hydrogens (primary N) is 1. The molecule has 0 radical (unpaired) electrons. The molecule has 1 heterocycles. The fraction of sp³-hybridized carbons (Fsp3) is 0.571. The van der Waals surface area contributed by atoms with E-state index in [1.54, 1.807) is 12.1 Å². The molecule has 1 aliphatic rings. The maximum Gasteiger partial charge on any atom is 0.242 e. The highest BCUT2D eigenvalue weighted by atomic mass is 32.2. The predicted molar refractivity (Wildman–Crippen MR) is 83.9 cm³/mol. The lowest BCUT2D eigenvalue weighted by Gasteiger charge is -2.37. The lowest BCUT2D eigenvalue weighted by atomic mass is 10.2. The Bertz CT molecular complexity index is 606. The Kier molecular flexibility index (Phi) is 4.46. The average molecular weight is 313 g/mol. The summed E-state index contributed by atoms with van der Waals surface area (Å²) in [5, 5.41) is 0. The summed E-state index contributed by atoms with van der Waals surface area (Å²) in [4.78, 5) is 2.35. The van der Waals surface area contributed by atoms with Crippen LogP contribution in [0.25, 0.3) is 0 Å². The molecule has 1 aromatic rings. The zero-order valence-corrected chi connectivity index (χ0v) is 13.7. The second kappa shape index (κ2) is 5.82. The van der Waals surface area contributed by atoms with Crippen molar-refractivity contribution in [2.75, 3.05) is 37.8 Å². The first kappa shape index (κ1) is 16.1. The maximum atomic E-state index is 12.1. The average Bonchev–Trinajstić information content (AvgIpc) is 2.37. The number of ether oxygens (including phenoxy) is 1. The number of hydrogen-bond acceptors (Lipinski definition) is 5. The van der Waals surface area contributed by atoms with Crippen molar-refractivity contribution in [3.63, 3.8) is 0 Å². The number of anilines is 2. The zero-order valence-electron chi connectivity index (χ0n) is 12.9. The van der Waals surface area contributed by atoms with Gasteiger partial charge < -0.3 is 15.4 Å². The molecule has 0 amide bonds. The van der Waals surface area contributed by atoms with Crippen LogP contribution in [0, 0.1) is 0 Å². The summed E-state index contributed by atoms with van der Waals surface area (Å²) in [7, 11) is -0.449. The van der Waals surface area contributed by atoms with Crippen LogP contribution in [0.3, 0.4) is 0 Å². The highest BCUT2D eigenvalue weighted by Crippen LogP contribution is 2.29. The molecule has 6 nitrogen and oxygen atoms in total. The van der Waals surface area contributed by atoms with Gasteiger partial charge in [-0.1, -0.05) is 0 Å². The van der Waals surface area contributed by atoms with E-state index in [0.717, 1.165) is 18.8 Å². The number of nitrogen functional groups attached to an aromatic ring is 1. The van der Waals surface area contributed by atoms with Crippen LogP contribution in [0.5, 0.6) is 0 Å². The third kappa shape index (κ3) is 3.30. The molecule has 1 fully saturated rings. The maximum absolute atomic E-state index is 12.1. The van der Waals surface area contributed by atoms with Crippen LogP contribution in [0.15, 0.2) is 23.1 Å². The molecule has 21 heavy (non-hydrogen) atoms. The zero-order chi connectivity index (χ0) is 15.8. The van der Waals surface area contributed by atoms with Gasteiger partial charge in [-0.15, -0.1) is 0 Å². The predicted octanol–water partition coefficient (Wildman–Crippen LogP) is 1.13. The fourth-order valence-electron chi connectivity index (χ4n) is 2.57. The molecule has 2 atom stereocenters. The molecule has 1 aromatic carbocycles. The van der Waals surface area contributed by atoms with E-state index in [1.165, 1.54) is 24.5 Å². The smallest absolute Gasteiger partial charge is 0.242 e. The van der Waals surface area contributed by atoms with Crippen molar-refractivity contribution >= 4 is 21.4 Å². The summed E-state index contributed by atoms with van der Waals surface area (Å²) < 4.78 is 31.1. The van der Waals surface area contributed by atoms with E-state index in [1.807, 2.05) is 13.8 Å². The second-order valence-electron chi connectivity index (χ2n) is 5.67. The standard InChI is InChI=1S/C14H23N3O3S/c1-10-8-17(9-11(2)20-10)14-6-5-12(7-13(14)15)21(18,19)16(3)4/h5-7,10-11H,8-9,15H2,1-4H3/t10-,11+. The van der Waals surface area contributed by atoms with Crippen LogP contribution >= 0.6 is 0 Å². The van der Waals surface area contributed by atoms with Gasteiger partial charge in [0.2, 0.25) is 10.0 Å². The minimum absolute atomic E-state index is 0.123. The minimum atomic E-state index is -3.46. The van der Waals surface area contributed by atoms with Gasteiger partial charge in [0.1, 0.15) is 0 Å². The van der Waals surface area contributed by atoms with Crippen molar-refractivity contribution in [1.29, 1.82) is 0 Å². The van der Waals surface area contributed by atoms with Crippen LogP contribution in [-0.4, -0.2) is 52.1 Å². The van der Waals surface area contributed by atoms with Gasteiger partial charge in [0.15, 0.2) is 0 Å². The topological polar surface area (TPSA) is 75.9 Å². The van der Waals surface area contributed by atoms with E-state index in [4.69, 9.17) is 10.5 Å². The highest BCUT2D eigenvalue weighted by Gasteiger charge is 2.25. The quantitative estimate of drug-likeness (QED) is 0.847. The fourth-order valence-corrected chi connectivity index (χ4v) is 3.50. The van der Waals surface area contributed by atoms with Crippen molar-refractivity contribution in [1.82, 2.24) is 4.31 Å². The molecule has 0 bridgehead atoms. The second-order valence-corrected chi connectivity index (χ2v) is 7.82. The largest absolute Gasteiger partial charge is 0.397 e. The molecule has 118 valence electrons.